The molecule has 4 amide bonds. The van der Waals surface area contributed by atoms with E-state index in [0.717, 1.165) is 47.8 Å². The molecule has 0 aliphatic carbocycles. The van der Waals surface area contributed by atoms with Gasteiger partial charge < -0.3 is 31.6 Å². The average molecular weight is 545 g/mol. The lowest BCUT2D eigenvalue weighted by atomic mass is 10.0. The average Bonchev–Trinajstić information content (AvgIpc) is 3.74. The quantitative estimate of drug-likeness (QED) is 0.260. The van der Waals surface area contributed by atoms with Crippen LogP contribution in [0.1, 0.15) is 36.8 Å². The summed E-state index contributed by atoms with van der Waals surface area (Å²) >= 11 is 0. The number of H-pyrrole nitrogens is 1. The predicted octanol–water partition coefficient (Wildman–Crippen LogP) is 1.15. The van der Waals surface area contributed by atoms with Crippen LogP contribution >= 0.6 is 0 Å². The van der Waals surface area contributed by atoms with Crippen molar-refractivity contribution in [1.29, 1.82) is 0 Å². The number of aromatic amines is 1. The second-order valence-corrected chi connectivity index (χ2v) is 10.6. The summed E-state index contributed by atoms with van der Waals surface area (Å²) in [6.45, 7) is 1.30. The molecule has 4 atom stereocenters. The Balaban J connectivity index is 1.35. The van der Waals surface area contributed by atoms with E-state index in [4.69, 9.17) is 5.73 Å². The molecule has 2 aliphatic heterocycles. The number of aromatic nitrogens is 1. The number of primary amides is 1. The van der Waals surface area contributed by atoms with Crippen LogP contribution in [0.15, 0.2) is 60.8 Å². The molecule has 2 fully saturated rings. The molecule has 3 aromatic rings. The van der Waals surface area contributed by atoms with Gasteiger partial charge in [0.2, 0.25) is 23.6 Å². The van der Waals surface area contributed by atoms with Crippen LogP contribution in [0.3, 0.4) is 0 Å². The highest BCUT2D eigenvalue weighted by atomic mass is 16.2. The summed E-state index contributed by atoms with van der Waals surface area (Å²) in [5.41, 5.74) is 8.28. The minimum Gasteiger partial charge on any atom is -0.368 e. The summed E-state index contributed by atoms with van der Waals surface area (Å²) in [6, 6.07) is 14.2. The molecule has 0 radical (unpaired) electrons. The summed E-state index contributed by atoms with van der Waals surface area (Å²) in [7, 11) is 0. The molecule has 40 heavy (non-hydrogen) atoms. The normalized spacial score (nSPS) is 20.2. The topological polar surface area (TPSA) is 149 Å². The van der Waals surface area contributed by atoms with Crippen LogP contribution in [0.5, 0.6) is 0 Å². The Morgan fingerprint density at radius 2 is 1.70 bits per heavy atom. The molecular weight excluding hydrogens is 508 g/mol. The number of amides is 4. The Labute approximate surface area is 233 Å². The zero-order chi connectivity index (χ0) is 28.1. The van der Waals surface area contributed by atoms with Crippen molar-refractivity contribution in [3.63, 3.8) is 0 Å². The molecule has 3 heterocycles. The summed E-state index contributed by atoms with van der Waals surface area (Å²) in [5, 5.41) is 9.84. The zero-order valence-corrected chi connectivity index (χ0v) is 22.4. The third-order valence-electron chi connectivity index (χ3n) is 7.87. The van der Waals surface area contributed by atoms with Gasteiger partial charge in [-0.1, -0.05) is 48.5 Å². The molecule has 6 N–H and O–H groups in total. The monoisotopic (exact) mass is 544 g/mol. The number of benzene rings is 2. The molecule has 0 unspecified atom stereocenters. The fourth-order valence-electron chi connectivity index (χ4n) is 5.74. The molecule has 0 bridgehead atoms. The number of hydrogen-bond donors (Lipinski definition) is 5. The highest BCUT2D eigenvalue weighted by Gasteiger charge is 2.39. The maximum atomic E-state index is 13.7. The molecule has 0 saturated carbocycles. The van der Waals surface area contributed by atoms with E-state index in [1.165, 1.54) is 0 Å². The number of fused-ring (bicyclic) bond motifs is 1. The van der Waals surface area contributed by atoms with Gasteiger partial charge in [-0.25, -0.2) is 0 Å². The predicted molar refractivity (Wildman–Crippen MR) is 151 cm³/mol. The van der Waals surface area contributed by atoms with Gasteiger partial charge in [-0.3, -0.25) is 19.2 Å². The molecule has 10 nitrogen and oxygen atoms in total. The molecular formula is C30H36N6O4. The fraction of sp³-hybridized carbons (Fsp3) is 0.400. The zero-order valence-electron chi connectivity index (χ0n) is 22.4. The van der Waals surface area contributed by atoms with Crippen molar-refractivity contribution in [2.75, 3.05) is 13.1 Å². The van der Waals surface area contributed by atoms with Crippen LogP contribution in [0.2, 0.25) is 0 Å². The van der Waals surface area contributed by atoms with Crippen LogP contribution in [0.4, 0.5) is 0 Å². The van der Waals surface area contributed by atoms with Crippen LogP contribution in [-0.4, -0.2) is 70.8 Å². The maximum absolute atomic E-state index is 13.7. The Kier molecular flexibility index (Phi) is 8.45. The first-order valence-corrected chi connectivity index (χ1v) is 13.9. The first-order valence-electron chi connectivity index (χ1n) is 13.9. The number of nitrogens with two attached hydrogens (primary N) is 1. The largest absolute Gasteiger partial charge is 0.368 e. The Morgan fingerprint density at radius 1 is 0.925 bits per heavy atom. The Hall–Kier alpha value is -4.18. The molecule has 2 aliphatic rings. The van der Waals surface area contributed by atoms with Crippen molar-refractivity contribution in [2.24, 2.45) is 5.73 Å². The molecule has 210 valence electrons. The number of rotatable bonds is 10. The summed E-state index contributed by atoms with van der Waals surface area (Å²) in [6.07, 6.45) is 5.19. The summed E-state index contributed by atoms with van der Waals surface area (Å²) in [5.74, 6) is -1.61. The van der Waals surface area contributed by atoms with Gasteiger partial charge >= 0.3 is 0 Å². The SMILES string of the molecule is NC(=O)[C@H](Cc1ccccc1)NC(=O)[C@H](Cc1c[nH]c2ccccc12)NC(=O)[C@@H]1CCCN1C(=O)[C@H]1CCCN1. The third kappa shape index (κ3) is 6.17. The first kappa shape index (κ1) is 27.4. The van der Waals surface area contributed by atoms with Gasteiger partial charge in [0.25, 0.3) is 0 Å². The summed E-state index contributed by atoms with van der Waals surface area (Å²) < 4.78 is 0. The number of nitrogens with one attached hydrogen (secondary N) is 4. The van der Waals surface area contributed by atoms with Crippen molar-refractivity contribution in [3.8, 4) is 0 Å². The summed E-state index contributed by atoms with van der Waals surface area (Å²) in [4.78, 5) is 57.5. The second kappa shape index (κ2) is 12.3. The van der Waals surface area contributed by atoms with E-state index >= 15 is 0 Å². The highest BCUT2D eigenvalue weighted by Crippen LogP contribution is 2.23. The van der Waals surface area contributed by atoms with E-state index in [9.17, 15) is 19.2 Å². The molecule has 1 aromatic heterocycles. The second-order valence-electron chi connectivity index (χ2n) is 10.6. The van der Waals surface area contributed by atoms with Crippen LogP contribution < -0.4 is 21.7 Å². The maximum Gasteiger partial charge on any atom is 0.243 e. The number of carbonyl (C=O) groups is 4. The number of para-hydroxylation sites is 1. The van der Waals surface area contributed by atoms with Crippen molar-refractivity contribution >= 4 is 34.5 Å². The Bertz CT molecular complexity index is 1370. The molecule has 5 rings (SSSR count). The number of hydrogen-bond acceptors (Lipinski definition) is 5. The van der Waals surface area contributed by atoms with Gasteiger partial charge in [0.1, 0.15) is 18.1 Å². The van der Waals surface area contributed by atoms with Gasteiger partial charge in [0, 0.05) is 36.5 Å². The lowest BCUT2D eigenvalue weighted by molar-refractivity contribution is -0.140. The van der Waals surface area contributed by atoms with Gasteiger partial charge in [-0.2, -0.15) is 0 Å². The number of carbonyl (C=O) groups excluding carboxylic acids is 4. The van der Waals surface area contributed by atoms with Gasteiger partial charge in [-0.15, -0.1) is 0 Å². The molecule has 2 saturated heterocycles. The number of nitrogens with zero attached hydrogens (tertiary/aromatic N) is 1. The standard InChI is InChI=1S/C30H36N6O4/c31-27(37)24(16-19-8-2-1-3-9-19)34-28(38)25(17-20-18-33-22-11-5-4-10-21(20)22)35-29(39)26-13-7-15-36(26)30(40)23-12-6-14-32-23/h1-5,8-11,18,23-26,32-33H,6-7,12-17H2,(H2,31,37)(H,34,38)(H,35,39)/t23-,24+,25+,26+/m1/s1. The van der Waals surface area contributed by atoms with E-state index in [1.807, 2.05) is 60.8 Å². The van der Waals surface area contributed by atoms with E-state index in [1.54, 1.807) is 4.90 Å². The van der Waals surface area contributed by atoms with Crippen LogP contribution in [-0.2, 0) is 32.0 Å². The van der Waals surface area contributed by atoms with E-state index in [0.29, 0.717) is 13.0 Å². The smallest absolute Gasteiger partial charge is 0.243 e. The van der Waals surface area contributed by atoms with Crippen LogP contribution in [0, 0.1) is 0 Å². The van der Waals surface area contributed by atoms with E-state index in [2.05, 4.69) is 20.9 Å². The van der Waals surface area contributed by atoms with Crippen molar-refractivity contribution in [3.05, 3.63) is 71.9 Å². The molecule has 10 heteroatoms. The van der Waals surface area contributed by atoms with Crippen LogP contribution in [0.25, 0.3) is 10.9 Å². The minimum atomic E-state index is -0.980. The van der Waals surface area contributed by atoms with Crippen molar-refractivity contribution in [2.45, 2.75) is 62.7 Å². The third-order valence-corrected chi connectivity index (χ3v) is 7.87. The highest BCUT2D eigenvalue weighted by molar-refractivity contribution is 5.95. The lowest BCUT2D eigenvalue weighted by Gasteiger charge is -2.29. The molecule has 0 spiro atoms. The first-order chi connectivity index (χ1) is 19.4. The molecule has 2 aromatic carbocycles. The van der Waals surface area contributed by atoms with E-state index < -0.39 is 29.9 Å². The fourth-order valence-corrected chi connectivity index (χ4v) is 5.74. The van der Waals surface area contributed by atoms with Crippen molar-refractivity contribution < 1.29 is 19.2 Å². The van der Waals surface area contributed by atoms with E-state index in [-0.39, 0.29) is 30.7 Å². The Morgan fingerprint density at radius 3 is 2.45 bits per heavy atom. The van der Waals surface area contributed by atoms with Crippen molar-refractivity contribution in [1.82, 2.24) is 25.8 Å². The van der Waals surface area contributed by atoms with Gasteiger partial charge in [0.15, 0.2) is 0 Å². The van der Waals surface area contributed by atoms with Gasteiger partial charge in [0.05, 0.1) is 6.04 Å². The number of likely N-dealkylation sites (tertiary alicyclic amines) is 1. The lowest BCUT2D eigenvalue weighted by Crippen LogP contribution is -2.57. The van der Waals surface area contributed by atoms with Gasteiger partial charge in [-0.05, 0) is 49.4 Å². The minimum absolute atomic E-state index is 0.0653.